The van der Waals surface area contributed by atoms with Crippen LogP contribution in [0.15, 0.2) is 103 Å². The van der Waals surface area contributed by atoms with Gasteiger partial charge in [0.2, 0.25) is 0 Å². The number of thiocarbonyl (C=S) groups is 1. The predicted octanol–water partition coefficient (Wildman–Crippen LogP) is 8.42. The van der Waals surface area contributed by atoms with Gasteiger partial charge in [0.15, 0.2) is 5.11 Å². The van der Waals surface area contributed by atoms with E-state index in [1.54, 1.807) is 0 Å². The van der Waals surface area contributed by atoms with Gasteiger partial charge in [-0.1, -0.05) is 35.4 Å². The van der Waals surface area contributed by atoms with Gasteiger partial charge >= 0.3 is 0 Å². The minimum absolute atomic E-state index is 0.112. The zero-order valence-electron chi connectivity index (χ0n) is 22.5. The van der Waals surface area contributed by atoms with Crippen LogP contribution >= 0.6 is 23.8 Å². The molecule has 6 rings (SSSR count). The third-order valence-electron chi connectivity index (χ3n) is 7.34. The van der Waals surface area contributed by atoms with Crippen molar-refractivity contribution in [2.45, 2.75) is 32.9 Å². The fourth-order valence-electron chi connectivity index (χ4n) is 5.44. The van der Waals surface area contributed by atoms with Crippen LogP contribution in [0.4, 0.5) is 5.69 Å². The van der Waals surface area contributed by atoms with Crippen molar-refractivity contribution in [3.63, 3.8) is 0 Å². The Morgan fingerprint density at radius 3 is 2.12 bits per heavy atom. The Labute approximate surface area is 245 Å². The maximum Gasteiger partial charge on any atom is 0.174 e. The van der Waals surface area contributed by atoms with Crippen molar-refractivity contribution in [3.8, 4) is 17.2 Å². The summed E-state index contributed by atoms with van der Waals surface area (Å²) < 4.78 is 8.35. The molecule has 0 bridgehead atoms. The summed E-state index contributed by atoms with van der Waals surface area (Å²) in [5, 5.41) is 4.94. The van der Waals surface area contributed by atoms with Crippen LogP contribution in [0.25, 0.3) is 5.69 Å². The lowest BCUT2D eigenvalue weighted by Crippen LogP contribution is -2.29. The van der Waals surface area contributed by atoms with E-state index < -0.39 is 0 Å². The third kappa shape index (κ3) is 4.96. The fourth-order valence-corrected chi connectivity index (χ4v) is 5.91. The van der Waals surface area contributed by atoms with E-state index >= 15 is 0 Å². The highest BCUT2D eigenvalue weighted by atomic mass is 35.5. The highest BCUT2D eigenvalue weighted by Gasteiger charge is 2.42. The number of halogens is 1. The summed E-state index contributed by atoms with van der Waals surface area (Å²) in [6, 6.07) is 32.1. The Morgan fingerprint density at radius 2 is 1.48 bits per heavy atom. The molecule has 3 heterocycles. The zero-order valence-corrected chi connectivity index (χ0v) is 24.1. The number of hydrogen-bond acceptors (Lipinski definition) is 3. The summed E-state index contributed by atoms with van der Waals surface area (Å²) in [6.45, 7) is 6.35. The van der Waals surface area contributed by atoms with Crippen LogP contribution in [0, 0.1) is 20.8 Å². The van der Waals surface area contributed by atoms with Crippen LogP contribution in [-0.2, 0) is 0 Å². The predicted molar refractivity (Wildman–Crippen MR) is 166 cm³/mol. The van der Waals surface area contributed by atoms with Crippen molar-refractivity contribution < 1.29 is 4.74 Å². The minimum atomic E-state index is -0.128. The van der Waals surface area contributed by atoms with E-state index in [4.69, 9.17) is 33.5 Å². The van der Waals surface area contributed by atoms with Gasteiger partial charge in [-0.15, -0.1) is 0 Å². The van der Waals surface area contributed by atoms with Crippen LogP contribution in [0.3, 0.4) is 0 Å². The van der Waals surface area contributed by atoms with Crippen LogP contribution in [-0.4, -0.2) is 14.7 Å². The molecular weight excluding hydrogens is 536 g/mol. The van der Waals surface area contributed by atoms with Gasteiger partial charge in [0.25, 0.3) is 0 Å². The lowest BCUT2D eigenvalue weighted by molar-refractivity contribution is 0.482. The van der Waals surface area contributed by atoms with Gasteiger partial charge in [0.05, 0.1) is 17.8 Å². The van der Waals surface area contributed by atoms with E-state index in [-0.39, 0.29) is 12.1 Å². The normalized spacial score (nSPS) is 16.7. The molecule has 3 aromatic carbocycles. The highest BCUT2D eigenvalue weighted by molar-refractivity contribution is 7.80. The maximum atomic E-state index is 6.19. The maximum absolute atomic E-state index is 6.19. The summed E-state index contributed by atoms with van der Waals surface area (Å²) >= 11 is 12.1. The van der Waals surface area contributed by atoms with E-state index in [0.717, 1.165) is 40.0 Å². The first-order valence-electron chi connectivity index (χ1n) is 13.2. The average molecular weight is 565 g/mol. The second-order valence-corrected chi connectivity index (χ2v) is 10.9. The van der Waals surface area contributed by atoms with Crippen molar-refractivity contribution in [1.29, 1.82) is 0 Å². The largest absolute Gasteiger partial charge is 0.457 e. The number of aromatic nitrogens is 2. The van der Waals surface area contributed by atoms with Gasteiger partial charge in [-0.3, -0.25) is 4.98 Å². The summed E-state index contributed by atoms with van der Waals surface area (Å²) in [7, 11) is 0. The first kappa shape index (κ1) is 26.1. The van der Waals surface area contributed by atoms with Gasteiger partial charge in [0, 0.05) is 34.0 Å². The molecule has 0 spiro atoms. The number of benzene rings is 3. The number of ether oxygens (including phenoxy) is 1. The SMILES string of the molecule is Cc1ccc(Oc2ccc(N3C(=S)NC(c4ccccn4)C3c3cc(C)n(-c4ccc(Cl)cc4)c3C)cc2)cc1. The molecule has 0 aliphatic carbocycles. The molecule has 2 atom stereocenters. The number of pyridine rings is 1. The van der Waals surface area contributed by atoms with E-state index in [1.165, 1.54) is 11.1 Å². The van der Waals surface area contributed by atoms with Crippen molar-refractivity contribution in [2.24, 2.45) is 0 Å². The molecule has 5 aromatic rings. The summed E-state index contributed by atoms with van der Waals surface area (Å²) in [4.78, 5) is 6.90. The molecule has 1 saturated heterocycles. The molecule has 7 heteroatoms. The number of anilines is 1. The van der Waals surface area contributed by atoms with Gasteiger partial charge < -0.3 is 19.5 Å². The summed E-state index contributed by atoms with van der Waals surface area (Å²) in [6.07, 6.45) is 1.83. The van der Waals surface area contributed by atoms with Gasteiger partial charge in [-0.25, -0.2) is 0 Å². The molecule has 200 valence electrons. The van der Waals surface area contributed by atoms with Crippen molar-refractivity contribution in [2.75, 3.05) is 4.90 Å². The molecule has 0 saturated carbocycles. The molecule has 0 amide bonds. The number of rotatable bonds is 6. The third-order valence-corrected chi connectivity index (χ3v) is 7.91. The van der Waals surface area contributed by atoms with Gasteiger partial charge in [-0.05, 0) is 117 Å². The summed E-state index contributed by atoms with van der Waals surface area (Å²) in [5.41, 5.74) is 7.63. The number of aryl methyl sites for hydroxylation is 2. The van der Waals surface area contributed by atoms with Crippen molar-refractivity contribution in [3.05, 3.63) is 136 Å². The van der Waals surface area contributed by atoms with Crippen LogP contribution in [0.1, 0.15) is 40.3 Å². The molecule has 2 unspecified atom stereocenters. The van der Waals surface area contributed by atoms with Crippen molar-refractivity contribution in [1.82, 2.24) is 14.9 Å². The van der Waals surface area contributed by atoms with E-state index in [2.05, 4.69) is 53.8 Å². The Kier molecular flexibility index (Phi) is 7.05. The second-order valence-electron chi connectivity index (χ2n) is 10.0. The zero-order chi connectivity index (χ0) is 27.8. The Morgan fingerprint density at radius 1 is 0.825 bits per heavy atom. The average Bonchev–Trinajstić information content (AvgIpc) is 3.46. The van der Waals surface area contributed by atoms with Crippen molar-refractivity contribution >= 4 is 34.6 Å². The van der Waals surface area contributed by atoms with Gasteiger partial charge in [0.1, 0.15) is 11.5 Å². The van der Waals surface area contributed by atoms with E-state index in [9.17, 15) is 0 Å². The molecular formula is C33H29ClN4OS. The Bertz CT molecular complexity index is 1650. The highest BCUT2D eigenvalue weighted by Crippen LogP contribution is 2.44. The lowest BCUT2D eigenvalue weighted by Gasteiger charge is -2.28. The monoisotopic (exact) mass is 564 g/mol. The number of hydrogen-bond donors (Lipinski definition) is 1. The van der Waals surface area contributed by atoms with E-state index in [0.29, 0.717) is 10.1 Å². The molecule has 0 radical (unpaired) electrons. The minimum Gasteiger partial charge on any atom is -0.457 e. The second kappa shape index (κ2) is 10.8. The Hall–Kier alpha value is -4.13. The number of nitrogens with one attached hydrogen (secondary N) is 1. The molecule has 40 heavy (non-hydrogen) atoms. The molecule has 1 fully saturated rings. The standard InChI is InChI=1S/C33H29ClN4OS/c1-21-7-15-27(16-8-21)39-28-17-13-26(14-18-28)38-32(31(36-33(38)40)30-6-4-5-19-35-30)29-20-22(2)37(23(29)3)25-11-9-24(34)10-12-25/h4-20,31-32H,1-3H3,(H,36,40). The van der Waals surface area contributed by atoms with Crippen LogP contribution in [0.5, 0.6) is 11.5 Å². The first-order chi connectivity index (χ1) is 19.4. The smallest absolute Gasteiger partial charge is 0.174 e. The molecule has 1 aliphatic rings. The molecule has 1 aliphatic heterocycles. The van der Waals surface area contributed by atoms with E-state index in [1.807, 2.05) is 85.1 Å². The Balaban J connectivity index is 1.40. The molecule has 5 nitrogen and oxygen atoms in total. The van der Waals surface area contributed by atoms with Crippen LogP contribution in [0.2, 0.25) is 5.02 Å². The number of nitrogens with zero attached hydrogens (tertiary/aromatic N) is 3. The molecule has 1 N–H and O–H groups in total. The topological polar surface area (TPSA) is 42.3 Å². The molecule has 2 aromatic heterocycles. The fraction of sp³-hybridized carbons (Fsp3) is 0.152. The van der Waals surface area contributed by atoms with Crippen LogP contribution < -0.4 is 15.0 Å². The summed E-state index contributed by atoms with van der Waals surface area (Å²) in [5.74, 6) is 1.57. The first-order valence-corrected chi connectivity index (χ1v) is 14.0. The van der Waals surface area contributed by atoms with Gasteiger partial charge in [-0.2, -0.15) is 0 Å². The lowest BCUT2D eigenvalue weighted by atomic mass is 9.96. The quantitative estimate of drug-likeness (QED) is 0.210.